The van der Waals surface area contributed by atoms with Gasteiger partial charge in [0, 0.05) is 24.0 Å². The highest BCUT2D eigenvalue weighted by Crippen LogP contribution is 2.41. The van der Waals surface area contributed by atoms with E-state index < -0.39 is 17.9 Å². The van der Waals surface area contributed by atoms with Crippen molar-refractivity contribution in [3.05, 3.63) is 53.4 Å². The Labute approximate surface area is 160 Å². The first-order valence-electron chi connectivity index (χ1n) is 8.93. The van der Waals surface area contributed by atoms with Crippen LogP contribution >= 0.6 is 0 Å². The lowest BCUT2D eigenvalue weighted by atomic mass is 9.82. The summed E-state index contributed by atoms with van der Waals surface area (Å²) in [7, 11) is 2.65. The average Bonchev–Trinajstić information content (AvgIpc) is 2.65. The highest BCUT2D eigenvalue weighted by atomic mass is 16.5. The molecule has 0 N–H and O–H groups in total. The molecule has 0 amide bonds. The van der Waals surface area contributed by atoms with E-state index in [9.17, 15) is 9.59 Å². The van der Waals surface area contributed by atoms with Gasteiger partial charge in [-0.1, -0.05) is 18.2 Å². The summed E-state index contributed by atoms with van der Waals surface area (Å²) in [5, 5.41) is 0. The summed E-state index contributed by atoms with van der Waals surface area (Å²) < 4.78 is 15.9. The lowest BCUT2D eigenvalue weighted by Crippen LogP contribution is -2.32. The van der Waals surface area contributed by atoms with Gasteiger partial charge in [-0.2, -0.15) is 0 Å². The molecule has 0 aliphatic carbocycles. The second kappa shape index (κ2) is 8.75. The number of ether oxygens (including phenoxy) is 3. The zero-order valence-corrected chi connectivity index (χ0v) is 16.7. The van der Waals surface area contributed by atoms with Gasteiger partial charge in [0.1, 0.15) is 5.75 Å². The highest BCUT2D eigenvalue weighted by molar-refractivity contribution is 5.98. The maximum absolute atomic E-state index is 12.6. The summed E-state index contributed by atoms with van der Waals surface area (Å²) in [6.07, 6.45) is 3.39. The summed E-state index contributed by atoms with van der Waals surface area (Å²) in [5.74, 6) is -1.03. The molecule has 1 aliphatic heterocycles. The van der Waals surface area contributed by atoms with E-state index in [4.69, 9.17) is 14.2 Å². The predicted octanol–water partition coefficient (Wildman–Crippen LogP) is 3.40. The molecule has 0 saturated heterocycles. The molecule has 6 heteroatoms. The molecule has 146 valence electrons. The van der Waals surface area contributed by atoms with E-state index >= 15 is 0 Å². The van der Waals surface area contributed by atoms with E-state index in [1.165, 1.54) is 14.2 Å². The molecule has 0 atom stereocenters. The van der Waals surface area contributed by atoms with Crippen molar-refractivity contribution < 1.29 is 23.8 Å². The zero-order valence-electron chi connectivity index (χ0n) is 16.7. The fourth-order valence-electron chi connectivity index (χ4n) is 2.97. The highest BCUT2D eigenvalue weighted by Gasteiger charge is 2.37. The maximum Gasteiger partial charge on any atom is 0.336 e. The van der Waals surface area contributed by atoms with Gasteiger partial charge in [-0.3, -0.25) is 0 Å². The van der Waals surface area contributed by atoms with Gasteiger partial charge in [0.05, 0.1) is 37.4 Å². The van der Waals surface area contributed by atoms with Crippen LogP contribution in [-0.2, 0) is 19.1 Å². The van der Waals surface area contributed by atoms with Crippen LogP contribution in [0.4, 0.5) is 0 Å². The SMILES string of the molecule is COC(=O)C1=CN(C(C)C)C=C(C(=O)OC)C1c1ccccc1OC(C)C. The number of carbonyl (C=O) groups is 2. The van der Waals surface area contributed by atoms with Gasteiger partial charge in [-0.25, -0.2) is 9.59 Å². The molecule has 1 aliphatic rings. The Morgan fingerprint density at radius 2 is 1.44 bits per heavy atom. The lowest BCUT2D eigenvalue weighted by molar-refractivity contribution is -0.137. The minimum atomic E-state index is -0.644. The van der Waals surface area contributed by atoms with Gasteiger partial charge in [0.2, 0.25) is 0 Å². The Kier molecular flexibility index (Phi) is 6.66. The first-order chi connectivity index (χ1) is 12.8. The summed E-state index contributed by atoms with van der Waals surface area (Å²) in [6.45, 7) is 7.78. The van der Waals surface area contributed by atoms with Gasteiger partial charge >= 0.3 is 11.9 Å². The number of esters is 2. The van der Waals surface area contributed by atoms with Crippen molar-refractivity contribution >= 4 is 11.9 Å². The Balaban J connectivity index is 2.68. The molecule has 0 aromatic heterocycles. The Morgan fingerprint density at radius 1 is 0.926 bits per heavy atom. The molecule has 0 fully saturated rings. The zero-order chi connectivity index (χ0) is 20.1. The summed E-state index contributed by atoms with van der Waals surface area (Å²) >= 11 is 0. The van der Waals surface area contributed by atoms with E-state index in [1.54, 1.807) is 17.3 Å². The number of nitrogens with zero attached hydrogens (tertiary/aromatic N) is 1. The van der Waals surface area contributed by atoms with Gasteiger partial charge < -0.3 is 19.1 Å². The molecule has 1 heterocycles. The number of carbonyl (C=O) groups excluding carboxylic acids is 2. The number of rotatable bonds is 6. The topological polar surface area (TPSA) is 65.1 Å². The third kappa shape index (κ3) is 4.51. The third-order valence-electron chi connectivity index (χ3n) is 4.23. The molecule has 0 bridgehead atoms. The van der Waals surface area contributed by atoms with Crippen molar-refractivity contribution in [2.24, 2.45) is 0 Å². The molecule has 2 rings (SSSR count). The van der Waals surface area contributed by atoms with E-state index in [0.29, 0.717) is 22.5 Å². The van der Waals surface area contributed by atoms with Crippen LogP contribution in [0.1, 0.15) is 39.2 Å². The second-order valence-corrected chi connectivity index (χ2v) is 6.83. The van der Waals surface area contributed by atoms with Gasteiger partial charge in [0.15, 0.2) is 0 Å². The van der Waals surface area contributed by atoms with Crippen molar-refractivity contribution in [2.75, 3.05) is 14.2 Å². The Bertz CT molecular complexity index is 730. The van der Waals surface area contributed by atoms with Gasteiger partial charge in [-0.15, -0.1) is 0 Å². The molecule has 0 radical (unpaired) electrons. The smallest absolute Gasteiger partial charge is 0.336 e. The van der Waals surface area contributed by atoms with Crippen LogP contribution in [-0.4, -0.2) is 43.2 Å². The Hall–Kier alpha value is -2.76. The number of methoxy groups -OCH3 is 2. The standard InChI is InChI=1S/C21H27NO5/c1-13(2)22-11-16(20(23)25-5)19(17(12-22)21(24)26-6)15-9-7-8-10-18(15)27-14(3)4/h7-14,19H,1-6H3. The minimum absolute atomic E-state index is 0.0485. The van der Waals surface area contributed by atoms with E-state index in [2.05, 4.69) is 0 Å². The van der Waals surface area contributed by atoms with Crippen molar-refractivity contribution in [3.63, 3.8) is 0 Å². The van der Waals surface area contributed by atoms with E-state index in [0.717, 1.165) is 0 Å². The van der Waals surface area contributed by atoms with Crippen LogP contribution in [0.5, 0.6) is 5.75 Å². The molecule has 0 unspecified atom stereocenters. The third-order valence-corrected chi connectivity index (χ3v) is 4.23. The number of hydrogen-bond donors (Lipinski definition) is 0. The van der Waals surface area contributed by atoms with Crippen LogP contribution in [0.15, 0.2) is 47.8 Å². The van der Waals surface area contributed by atoms with Crippen LogP contribution in [0, 0.1) is 0 Å². The molecule has 1 aromatic rings. The lowest BCUT2D eigenvalue weighted by Gasteiger charge is -2.32. The summed E-state index contributed by atoms with van der Waals surface area (Å²) in [4.78, 5) is 26.9. The van der Waals surface area contributed by atoms with Crippen molar-refractivity contribution in [1.29, 1.82) is 0 Å². The Morgan fingerprint density at radius 3 is 1.89 bits per heavy atom. The number of hydrogen-bond acceptors (Lipinski definition) is 6. The van der Waals surface area contributed by atoms with Crippen LogP contribution in [0.3, 0.4) is 0 Å². The predicted molar refractivity (Wildman–Crippen MR) is 102 cm³/mol. The molecular weight excluding hydrogens is 346 g/mol. The monoisotopic (exact) mass is 373 g/mol. The second-order valence-electron chi connectivity index (χ2n) is 6.83. The maximum atomic E-state index is 12.6. The fraction of sp³-hybridized carbons (Fsp3) is 0.429. The molecule has 6 nitrogen and oxygen atoms in total. The molecule has 27 heavy (non-hydrogen) atoms. The molecule has 0 saturated carbocycles. The van der Waals surface area contributed by atoms with Crippen molar-refractivity contribution in [1.82, 2.24) is 4.90 Å². The van der Waals surface area contributed by atoms with Crippen LogP contribution < -0.4 is 4.74 Å². The molecular formula is C21H27NO5. The summed E-state index contributed by atoms with van der Waals surface area (Å²) in [6, 6.07) is 7.43. The van der Waals surface area contributed by atoms with E-state index in [-0.39, 0.29) is 12.1 Å². The minimum Gasteiger partial charge on any atom is -0.491 e. The van der Waals surface area contributed by atoms with Crippen LogP contribution in [0.2, 0.25) is 0 Å². The normalized spacial score (nSPS) is 14.7. The first kappa shape index (κ1) is 20.6. The number of para-hydroxylation sites is 1. The van der Waals surface area contributed by atoms with Gasteiger partial charge in [-0.05, 0) is 33.8 Å². The average molecular weight is 373 g/mol. The van der Waals surface area contributed by atoms with Crippen molar-refractivity contribution in [2.45, 2.75) is 45.8 Å². The first-order valence-corrected chi connectivity index (χ1v) is 8.93. The largest absolute Gasteiger partial charge is 0.491 e. The quantitative estimate of drug-likeness (QED) is 0.712. The number of benzene rings is 1. The van der Waals surface area contributed by atoms with Crippen molar-refractivity contribution in [3.8, 4) is 5.75 Å². The summed E-state index contributed by atoms with van der Waals surface area (Å²) in [5.41, 5.74) is 1.42. The fourth-order valence-corrected chi connectivity index (χ4v) is 2.97. The molecule has 0 spiro atoms. The molecule has 1 aromatic carbocycles. The van der Waals surface area contributed by atoms with Crippen LogP contribution in [0.25, 0.3) is 0 Å². The van der Waals surface area contributed by atoms with E-state index in [1.807, 2.05) is 52.0 Å². The van der Waals surface area contributed by atoms with Gasteiger partial charge in [0.25, 0.3) is 0 Å².